The monoisotopic (exact) mass is 472 g/mol. The molecule has 0 aromatic rings. The maximum Gasteiger partial charge on any atom is 0.101 e. The molecule has 30 heavy (non-hydrogen) atoms. The Morgan fingerprint density at radius 1 is 0.400 bits per heavy atom. The summed E-state index contributed by atoms with van der Waals surface area (Å²) in [4.78, 5) is 3.28. The van der Waals surface area contributed by atoms with Gasteiger partial charge in [-0.2, -0.15) is 0 Å². The van der Waals surface area contributed by atoms with Crippen LogP contribution in [0.5, 0.6) is 0 Å². The van der Waals surface area contributed by atoms with Crippen LogP contribution in [0.1, 0.15) is 91.9 Å². The van der Waals surface area contributed by atoms with E-state index in [-0.39, 0.29) is 24.8 Å². The Hall–Kier alpha value is 0.420. The smallest absolute Gasteiger partial charge is 0.101 e. The molecule has 0 saturated carbocycles. The number of unbranched alkanes of at least 4 members (excludes halogenated alkanes) is 9. The number of likely N-dealkylation sites (N-methyl/N-ethyl adjacent to an activating group) is 2. The van der Waals surface area contributed by atoms with E-state index in [1.54, 1.807) is 9.80 Å². The van der Waals surface area contributed by atoms with E-state index in [2.05, 4.69) is 27.7 Å². The molecular formula is C24H54Cl2N2O2. The summed E-state index contributed by atoms with van der Waals surface area (Å²) in [6.07, 6.45) is 13.5. The Balaban J connectivity index is -0.00000364. The van der Waals surface area contributed by atoms with Gasteiger partial charge in [-0.05, 0) is 40.5 Å². The SMILES string of the molecule is CC[NH+](CC)CCOCCCCCCCCCCCCOCC[NH+](CC)CC.[Cl-].[Cl-]. The van der Waals surface area contributed by atoms with Gasteiger partial charge in [0.15, 0.2) is 0 Å². The van der Waals surface area contributed by atoms with Crippen molar-refractivity contribution in [2.45, 2.75) is 91.9 Å². The first-order valence-electron chi connectivity index (χ1n) is 12.6. The fourth-order valence-corrected chi connectivity index (χ4v) is 3.67. The molecule has 0 aliphatic carbocycles. The van der Waals surface area contributed by atoms with Gasteiger partial charge in [-0.15, -0.1) is 0 Å². The second-order valence-corrected chi connectivity index (χ2v) is 8.17. The van der Waals surface area contributed by atoms with Crippen molar-refractivity contribution in [3.05, 3.63) is 0 Å². The molecule has 4 nitrogen and oxygen atoms in total. The lowest BCUT2D eigenvalue weighted by atomic mass is 10.1. The highest BCUT2D eigenvalue weighted by molar-refractivity contribution is 4.48. The summed E-state index contributed by atoms with van der Waals surface area (Å²) in [5.41, 5.74) is 0. The minimum atomic E-state index is 0. The van der Waals surface area contributed by atoms with Gasteiger partial charge in [-0.25, -0.2) is 0 Å². The second kappa shape index (κ2) is 29.4. The van der Waals surface area contributed by atoms with E-state index in [9.17, 15) is 0 Å². The zero-order chi connectivity index (χ0) is 20.7. The number of rotatable bonds is 23. The minimum Gasteiger partial charge on any atom is -1.00 e. The zero-order valence-electron chi connectivity index (χ0n) is 20.7. The Bertz CT molecular complexity index is 264. The number of quaternary nitrogens is 2. The first-order valence-corrected chi connectivity index (χ1v) is 12.6. The summed E-state index contributed by atoms with van der Waals surface area (Å²) in [6.45, 7) is 20.0. The quantitative estimate of drug-likeness (QED) is 0.153. The summed E-state index contributed by atoms with van der Waals surface area (Å²) >= 11 is 0. The van der Waals surface area contributed by atoms with Crippen LogP contribution in [0, 0.1) is 0 Å². The summed E-state index contributed by atoms with van der Waals surface area (Å²) < 4.78 is 11.5. The predicted octanol–water partition coefficient (Wildman–Crippen LogP) is -3.22. The molecule has 0 unspecified atom stereocenters. The molecular weight excluding hydrogens is 419 g/mol. The molecule has 0 fully saturated rings. The summed E-state index contributed by atoms with van der Waals surface area (Å²) in [5, 5.41) is 0. The van der Waals surface area contributed by atoms with Crippen LogP contribution in [0.15, 0.2) is 0 Å². The van der Waals surface area contributed by atoms with Crippen LogP contribution < -0.4 is 34.6 Å². The number of hydrogen-bond acceptors (Lipinski definition) is 2. The average molecular weight is 474 g/mol. The molecule has 0 bridgehead atoms. The van der Waals surface area contributed by atoms with Crippen LogP contribution in [-0.4, -0.2) is 65.7 Å². The molecule has 2 N–H and O–H groups in total. The van der Waals surface area contributed by atoms with E-state index in [0.29, 0.717) is 0 Å². The fourth-order valence-electron chi connectivity index (χ4n) is 3.67. The molecule has 0 atom stereocenters. The van der Waals surface area contributed by atoms with Gasteiger partial charge in [0, 0.05) is 13.2 Å². The Morgan fingerprint density at radius 3 is 0.933 bits per heavy atom. The molecule has 0 aromatic carbocycles. The van der Waals surface area contributed by atoms with E-state index in [1.165, 1.54) is 90.4 Å². The van der Waals surface area contributed by atoms with Crippen molar-refractivity contribution in [2.24, 2.45) is 0 Å². The van der Waals surface area contributed by atoms with Gasteiger partial charge in [0.25, 0.3) is 0 Å². The Morgan fingerprint density at radius 2 is 0.667 bits per heavy atom. The van der Waals surface area contributed by atoms with Crippen molar-refractivity contribution < 1.29 is 44.1 Å². The van der Waals surface area contributed by atoms with Crippen LogP contribution in [0.25, 0.3) is 0 Å². The molecule has 0 aliphatic heterocycles. The molecule has 6 heteroatoms. The third-order valence-electron chi connectivity index (χ3n) is 6.03. The number of halogens is 2. The molecule has 0 rings (SSSR count). The largest absolute Gasteiger partial charge is 1.00 e. The van der Waals surface area contributed by atoms with E-state index < -0.39 is 0 Å². The molecule has 0 radical (unpaired) electrons. The van der Waals surface area contributed by atoms with Crippen molar-refractivity contribution in [3.8, 4) is 0 Å². The molecule has 0 spiro atoms. The van der Waals surface area contributed by atoms with Crippen molar-refractivity contribution >= 4 is 0 Å². The topological polar surface area (TPSA) is 27.3 Å². The highest BCUT2D eigenvalue weighted by atomic mass is 35.5. The van der Waals surface area contributed by atoms with Crippen molar-refractivity contribution in [2.75, 3.05) is 65.7 Å². The lowest BCUT2D eigenvalue weighted by molar-refractivity contribution is -0.896. The van der Waals surface area contributed by atoms with Crippen LogP contribution in [0.2, 0.25) is 0 Å². The number of hydrogen-bond donors (Lipinski definition) is 2. The average Bonchev–Trinajstić information content (AvgIpc) is 2.72. The van der Waals surface area contributed by atoms with Crippen LogP contribution in [0.3, 0.4) is 0 Å². The van der Waals surface area contributed by atoms with Gasteiger partial charge < -0.3 is 44.1 Å². The number of nitrogens with one attached hydrogen (secondary N) is 2. The van der Waals surface area contributed by atoms with Gasteiger partial charge in [0.05, 0.1) is 39.4 Å². The van der Waals surface area contributed by atoms with Gasteiger partial charge in [-0.3, -0.25) is 0 Å². The van der Waals surface area contributed by atoms with Gasteiger partial charge >= 0.3 is 0 Å². The first kappa shape index (κ1) is 35.0. The van der Waals surface area contributed by atoms with Crippen LogP contribution in [0.4, 0.5) is 0 Å². The maximum atomic E-state index is 5.77. The summed E-state index contributed by atoms with van der Waals surface area (Å²) in [6, 6.07) is 0. The third-order valence-corrected chi connectivity index (χ3v) is 6.03. The van der Waals surface area contributed by atoms with Crippen LogP contribution in [-0.2, 0) is 9.47 Å². The number of ether oxygens (including phenoxy) is 2. The molecule has 0 heterocycles. The van der Waals surface area contributed by atoms with E-state index in [0.717, 1.165) is 39.5 Å². The van der Waals surface area contributed by atoms with Crippen LogP contribution >= 0.6 is 0 Å². The zero-order valence-corrected chi connectivity index (χ0v) is 22.2. The Labute approximate surface area is 201 Å². The van der Waals surface area contributed by atoms with E-state index >= 15 is 0 Å². The first-order chi connectivity index (χ1) is 13.8. The molecule has 0 aliphatic rings. The summed E-state index contributed by atoms with van der Waals surface area (Å²) in [5.74, 6) is 0. The highest BCUT2D eigenvalue weighted by Crippen LogP contribution is 2.10. The predicted molar refractivity (Wildman–Crippen MR) is 122 cm³/mol. The lowest BCUT2D eigenvalue weighted by Gasteiger charge is -2.15. The van der Waals surface area contributed by atoms with Gasteiger partial charge in [0.1, 0.15) is 13.1 Å². The van der Waals surface area contributed by atoms with Gasteiger partial charge in [0.2, 0.25) is 0 Å². The highest BCUT2D eigenvalue weighted by Gasteiger charge is 2.02. The van der Waals surface area contributed by atoms with E-state index in [4.69, 9.17) is 9.47 Å². The molecule has 0 amide bonds. The third kappa shape index (κ3) is 24.7. The second-order valence-electron chi connectivity index (χ2n) is 8.17. The maximum absolute atomic E-state index is 5.77. The standard InChI is InChI=1S/C24H52N2O2.2ClH/c1-5-25(6-2)19-23-27-21-17-15-13-11-9-10-12-14-16-18-22-28-24-20-26(7-3)8-4;;/h5-24H2,1-4H3;2*1H. The Kier molecular flexibility index (Phi) is 34.3. The molecule has 0 saturated heterocycles. The lowest BCUT2D eigenvalue weighted by Crippen LogP contribution is -3.11. The normalized spacial score (nSPS) is 11.0. The van der Waals surface area contributed by atoms with Crippen molar-refractivity contribution in [1.29, 1.82) is 0 Å². The van der Waals surface area contributed by atoms with Crippen molar-refractivity contribution in [1.82, 2.24) is 0 Å². The molecule has 186 valence electrons. The van der Waals surface area contributed by atoms with Crippen molar-refractivity contribution in [3.63, 3.8) is 0 Å². The molecule has 0 aromatic heterocycles. The van der Waals surface area contributed by atoms with E-state index in [1.807, 2.05) is 0 Å². The van der Waals surface area contributed by atoms with Gasteiger partial charge in [-0.1, -0.05) is 51.4 Å². The summed E-state index contributed by atoms with van der Waals surface area (Å²) in [7, 11) is 0. The fraction of sp³-hybridized carbons (Fsp3) is 1.00. The minimum absolute atomic E-state index is 0.